The van der Waals surface area contributed by atoms with Crippen molar-refractivity contribution in [3.8, 4) is 0 Å². The average molecular weight is 287 g/mol. The molecule has 1 fully saturated rings. The number of nitrogens with two attached hydrogens (primary N) is 1. The van der Waals surface area contributed by atoms with Gasteiger partial charge in [-0.3, -0.25) is 4.79 Å². The number of hydrogen-bond donors (Lipinski definition) is 2. The Bertz CT molecular complexity index is 453. The number of hydrogen-bond acceptors (Lipinski definition) is 2. The van der Waals surface area contributed by atoms with Crippen LogP contribution in [0.4, 0.5) is 10.1 Å². The summed E-state index contributed by atoms with van der Waals surface area (Å²) in [5.41, 5.74) is 7.35. The van der Waals surface area contributed by atoms with E-state index in [-0.39, 0.29) is 36.1 Å². The van der Waals surface area contributed by atoms with Crippen molar-refractivity contribution in [2.24, 2.45) is 11.7 Å². The molecule has 0 unspecified atom stereocenters. The summed E-state index contributed by atoms with van der Waals surface area (Å²) in [6, 6.07) is 4.50. The molecule has 1 saturated carbocycles. The van der Waals surface area contributed by atoms with Crippen LogP contribution in [0.2, 0.25) is 0 Å². The Kier molecular flexibility index (Phi) is 5.76. The molecule has 106 valence electrons. The van der Waals surface area contributed by atoms with E-state index in [1.54, 1.807) is 13.0 Å². The van der Waals surface area contributed by atoms with Crippen molar-refractivity contribution < 1.29 is 9.18 Å². The largest absolute Gasteiger partial charge is 0.327 e. The van der Waals surface area contributed by atoms with Crippen LogP contribution in [0.1, 0.15) is 31.2 Å². The topological polar surface area (TPSA) is 55.1 Å². The van der Waals surface area contributed by atoms with Crippen LogP contribution in [-0.4, -0.2) is 11.9 Å². The summed E-state index contributed by atoms with van der Waals surface area (Å²) in [5, 5.41) is 2.82. The zero-order valence-corrected chi connectivity index (χ0v) is 11.8. The van der Waals surface area contributed by atoms with Crippen molar-refractivity contribution >= 4 is 24.0 Å². The highest BCUT2D eigenvalue weighted by Crippen LogP contribution is 2.27. The number of carbonyl (C=O) groups excluding carboxylic acids is 1. The Labute approximate surface area is 119 Å². The van der Waals surface area contributed by atoms with E-state index < -0.39 is 0 Å². The average Bonchev–Trinajstić information content (AvgIpc) is 2.69. The van der Waals surface area contributed by atoms with Gasteiger partial charge in [-0.1, -0.05) is 6.42 Å². The molecule has 0 spiro atoms. The minimum atomic E-state index is -0.289. The maximum Gasteiger partial charge on any atom is 0.224 e. The Morgan fingerprint density at radius 1 is 1.47 bits per heavy atom. The summed E-state index contributed by atoms with van der Waals surface area (Å²) in [4.78, 5) is 11.9. The third-order valence-corrected chi connectivity index (χ3v) is 3.63. The molecule has 2 rings (SSSR count). The highest BCUT2D eigenvalue weighted by molar-refractivity contribution is 5.91. The van der Waals surface area contributed by atoms with Crippen molar-refractivity contribution in [3.63, 3.8) is 0 Å². The predicted octanol–water partition coefficient (Wildman–Crippen LogP) is 3.01. The van der Waals surface area contributed by atoms with Crippen LogP contribution in [0.25, 0.3) is 0 Å². The van der Waals surface area contributed by atoms with Crippen LogP contribution < -0.4 is 11.1 Å². The molecule has 1 aliphatic rings. The third kappa shape index (κ3) is 4.18. The number of benzene rings is 1. The number of halogens is 2. The second kappa shape index (κ2) is 6.87. The second-order valence-electron chi connectivity index (χ2n) is 5.07. The normalized spacial score (nSPS) is 21.8. The van der Waals surface area contributed by atoms with Crippen LogP contribution in [0.3, 0.4) is 0 Å². The Morgan fingerprint density at radius 2 is 2.21 bits per heavy atom. The van der Waals surface area contributed by atoms with Gasteiger partial charge in [-0.05, 0) is 49.4 Å². The molecule has 0 saturated heterocycles. The van der Waals surface area contributed by atoms with Gasteiger partial charge in [0, 0.05) is 18.2 Å². The lowest BCUT2D eigenvalue weighted by atomic mass is 10.00. The van der Waals surface area contributed by atoms with E-state index in [9.17, 15) is 9.18 Å². The fourth-order valence-corrected chi connectivity index (χ4v) is 2.53. The molecule has 1 aromatic rings. The van der Waals surface area contributed by atoms with Gasteiger partial charge >= 0.3 is 0 Å². The maximum atomic E-state index is 12.9. The smallest absolute Gasteiger partial charge is 0.224 e. The molecule has 5 heteroatoms. The van der Waals surface area contributed by atoms with Crippen LogP contribution in [0, 0.1) is 18.7 Å². The minimum Gasteiger partial charge on any atom is -0.327 e. The molecule has 0 heterocycles. The predicted molar refractivity (Wildman–Crippen MR) is 76.9 cm³/mol. The molecule has 19 heavy (non-hydrogen) atoms. The zero-order valence-electron chi connectivity index (χ0n) is 11.0. The SMILES string of the molecule is Cc1cc(F)ccc1NC(=O)C[C@@H]1CCC[C@H]1N.Cl. The molecule has 0 aromatic heterocycles. The molecule has 3 nitrogen and oxygen atoms in total. The monoisotopic (exact) mass is 286 g/mol. The van der Waals surface area contributed by atoms with E-state index in [1.807, 2.05) is 0 Å². The highest BCUT2D eigenvalue weighted by atomic mass is 35.5. The van der Waals surface area contributed by atoms with Crippen LogP contribution >= 0.6 is 12.4 Å². The Morgan fingerprint density at radius 3 is 2.79 bits per heavy atom. The molecule has 0 aliphatic heterocycles. The van der Waals surface area contributed by atoms with E-state index in [0.29, 0.717) is 12.1 Å². The van der Waals surface area contributed by atoms with Gasteiger partial charge in [0.15, 0.2) is 0 Å². The number of nitrogens with one attached hydrogen (secondary N) is 1. The third-order valence-electron chi connectivity index (χ3n) is 3.63. The van der Waals surface area contributed by atoms with Gasteiger partial charge in [-0.2, -0.15) is 0 Å². The van der Waals surface area contributed by atoms with E-state index in [0.717, 1.165) is 24.8 Å². The number of anilines is 1. The van der Waals surface area contributed by atoms with Gasteiger partial charge in [0.25, 0.3) is 0 Å². The Balaban J connectivity index is 0.00000180. The number of amides is 1. The standard InChI is InChI=1S/C14H19FN2O.ClH/c1-9-7-11(15)5-6-13(9)17-14(18)8-10-3-2-4-12(10)16;/h5-7,10,12H,2-4,8,16H2,1H3,(H,17,18);1H/t10-,12+;/m0./s1. The van der Waals surface area contributed by atoms with Crippen LogP contribution in [0.15, 0.2) is 18.2 Å². The first-order chi connectivity index (χ1) is 8.56. The highest BCUT2D eigenvalue weighted by Gasteiger charge is 2.26. The van der Waals surface area contributed by atoms with E-state index in [1.165, 1.54) is 12.1 Å². The lowest BCUT2D eigenvalue weighted by Crippen LogP contribution is -2.28. The summed E-state index contributed by atoms with van der Waals surface area (Å²) in [6.45, 7) is 1.78. The van der Waals surface area contributed by atoms with Crippen molar-refractivity contribution in [3.05, 3.63) is 29.6 Å². The fraction of sp³-hybridized carbons (Fsp3) is 0.500. The first kappa shape index (κ1) is 15.9. The van der Waals surface area contributed by atoms with Gasteiger partial charge in [-0.25, -0.2) is 4.39 Å². The Hall–Kier alpha value is -1.13. The molecule has 2 atom stereocenters. The second-order valence-corrected chi connectivity index (χ2v) is 5.07. The van der Waals surface area contributed by atoms with Gasteiger partial charge < -0.3 is 11.1 Å². The quantitative estimate of drug-likeness (QED) is 0.897. The van der Waals surface area contributed by atoms with Gasteiger partial charge in [0.1, 0.15) is 5.82 Å². The molecule has 1 aromatic carbocycles. The summed E-state index contributed by atoms with van der Waals surface area (Å²) in [6.07, 6.45) is 3.59. The van der Waals surface area contributed by atoms with Gasteiger partial charge in [0.2, 0.25) is 5.91 Å². The minimum absolute atomic E-state index is 0. The lowest BCUT2D eigenvalue weighted by molar-refractivity contribution is -0.117. The van der Waals surface area contributed by atoms with E-state index >= 15 is 0 Å². The first-order valence-electron chi connectivity index (χ1n) is 6.38. The maximum absolute atomic E-state index is 12.9. The van der Waals surface area contributed by atoms with Crippen LogP contribution in [-0.2, 0) is 4.79 Å². The van der Waals surface area contributed by atoms with Gasteiger partial charge in [0.05, 0.1) is 0 Å². The number of aryl methyl sites for hydroxylation is 1. The number of rotatable bonds is 3. The first-order valence-corrected chi connectivity index (χ1v) is 6.38. The molecule has 0 radical (unpaired) electrons. The molecular weight excluding hydrogens is 267 g/mol. The van der Waals surface area contributed by atoms with Crippen molar-refractivity contribution in [1.29, 1.82) is 0 Å². The summed E-state index contributed by atoms with van der Waals surface area (Å²) < 4.78 is 12.9. The van der Waals surface area contributed by atoms with Crippen molar-refractivity contribution in [2.75, 3.05) is 5.32 Å². The molecule has 1 aliphatic carbocycles. The van der Waals surface area contributed by atoms with Crippen molar-refractivity contribution in [1.82, 2.24) is 0 Å². The molecule has 3 N–H and O–H groups in total. The summed E-state index contributed by atoms with van der Waals surface area (Å²) >= 11 is 0. The molecular formula is C14H20ClFN2O. The summed E-state index contributed by atoms with van der Waals surface area (Å²) in [7, 11) is 0. The van der Waals surface area contributed by atoms with Gasteiger partial charge in [-0.15, -0.1) is 12.4 Å². The molecule has 0 bridgehead atoms. The lowest BCUT2D eigenvalue weighted by Gasteiger charge is -2.15. The van der Waals surface area contributed by atoms with Crippen LogP contribution in [0.5, 0.6) is 0 Å². The van der Waals surface area contributed by atoms with E-state index in [2.05, 4.69) is 5.32 Å². The van der Waals surface area contributed by atoms with Crippen molar-refractivity contribution in [2.45, 2.75) is 38.6 Å². The fourth-order valence-electron chi connectivity index (χ4n) is 2.53. The number of carbonyl (C=O) groups is 1. The van der Waals surface area contributed by atoms with E-state index in [4.69, 9.17) is 5.73 Å². The molecule has 1 amide bonds. The zero-order chi connectivity index (χ0) is 13.1. The summed E-state index contributed by atoms with van der Waals surface area (Å²) in [5.74, 6) is -0.0406.